The second-order valence-corrected chi connectivity index (χ2v) is 7.20. The first-order valence-corrected chi connectivity index (χ1v) is 8.60. The lowest BCUT2D eigenvalue weighted by molar-refractivity contribution is 0.280. The number of aromatic nitrogens is 4. The summed E-state index contributed by atoms with van der Waals surface area (Å²) in [5.74, 6) is 1.93. The van der Waals surface area contributed by atoms with Crippen molar-refractivity contribution in [3.8, 4) is 0 Å². The van der Waals surface area contributed by atoms with Crippen LogP contribution in [-0.4, -0.2) is 32.7 Å². The van der Waals surface area contributed by atoms with Gasteiger partial charge in [-0.2, -0.15) is 14.6 Å². The smallest absolute Gasteiger partial charge is 0.254 e. The lowest BCUT2D eigenvalue weighted by Gasteiger charge is -2.29. The molecule has 2 aromatic rings. The predicted molar refractivity (Wildman–Crippen MR) is 87.2 cm³/mol. The van der Waals surface area contributed by atoms with Gasteiger partial charge in [0.15, 0.2) is 0 Å². The van der Waals surface area contributed by atoms with Crippen LogP contribution in [0.1, 0.15) is 56.2 Å². The van der Waals surface area contributed by atoms with E-state index in [0.29, 0.717) is 5.41 Å². The van der Waals surface area contributed by atoms with Gasteiger partial charge in [-0.1, -0.05) is 25.7 Å². The number of hydrogen-bond donors (Lipinski definition) is 0. The third kappa shape index (κ3) is 2.18. The fourth-order valence-corrected chi connectivity index (χ4v) is 4.39. The van der Waals surface area contributed by atoms with Crippen molar-refractivity contribution in [1.82, 2.24) is 19.6 Å². The molecular weight excluding hydrogens is 274 g/mol. The van der Waals surface area contributed by atoms with Crippen molar-refractivity contribution in [3.63, 3.8) is 0 Å². The van der Waals surface area contributed by atoms with Crippen LogP contribution in [0.2, 0.25) is 0 Å². The molecule has 0 bridgehead atoms. The lowest BCUT2D eigenvalue weighted by atomic mass is 9.80. The van der Waals surface area contributed by atoms with Gasteiger partial charge in [0.25, 0.3) is 5.78 Å². The molecule has 2 aliphatic rings. The molecule has 5 nitrogen and oxygen atoms in total. The quantitative estimate of drug-likeness (QED) is 0.810. The number of rotatable bonds is 1. The van der Waals surface area contributed by atoms with Crippen LogP contribution in [0.25, 0.3) is 5.78 Å². The molecule has 4 rings (SSSR count). The minimum Gasteiger partial charge on any atom is -0.356 e. The Morgan fingerprint density at radius 2 is 1.82 bits per heavy atom. The largest absolute Gasteiger partial charge is 0.356 e. The minimum absolute atomic E-state index is 0.535. The van der Waals surface area contributed by atoms with E-state index in [2.05, 4.69) is 33.8 Å². The van der Waals surface area contributed by atoms with Gasteiger partial charge in [0.05, 0.1) is 0 Å². The molecule has 0 radical (unpaired) electrons. The Hall–Kier alpha value is -1.65. The van der Waals surface area contributed by atoms with Gasteiger partial charge in [0.1, 0.15) is 12.1 Å². The number of nitrogens with zero attached hydrogens (tertiary/aromatic N) is 5. The Morgan fingerprint density at radius 3 is 2.59 bits per heavy atom. The van der Waals surface area contributed by atoms with Crippen LogP contribution in [0.4, 0.5) is 5.82 Å². The molecule has 1 saturated carbocycles. The van der Waals surface area contributed by atoms with Gasteiger partial charge in [0, 0.05) is 24.3 Å². The first-order valence-electron chi connectivity index (χ1n) is 8.60. The van der Waals surface area contributed by atoms with E-state index in [1.807, 2.05) is 4.52 Å². The lowest BCUT2D eigenvalue weighted by Crippen LogP contribution is -2.29. The van der Waals surface area contributed by atoms with Crippen molar-refractivity contribution < 1.29 is 0 Å². The molecular formula is C17H25N5. The maximum atomic E-state index is 4.55. The van der Waals surface area contributed by atoms with Crippen molar-refractivity contribution >= 4 is 11.6 Å². The van der Waals surface area contributed by atoms with E-state index in [1.54, 1.807) is 6.33 Å². The van der Waals surface area contributed by atoms with E-state index in [-0.39, 0.29) is 0 Å². The van der Waals surface area contributed by atoms with E-state index in [1.165, 1.54) is 62.9 Å². The Balaban J connectivity index is 1.71. The second-order valence-electron chi connectivity index (χ2n) is 7.20. The van der Waals surface area contributed by atoms with Gasteiger partial charge in [-0.25, -0.2) is 4.98 Å². The maximum Gasteiger partial charge on any atom is 0.254 e. The molecule has 118 valence electrons. The Kier molecular flexibility index (Phi) is 3.31. The molecule has 3 heterocycles. The zero-order valence-electron chi connectivity index (χ0n) is 13.7. The molecule has 0 aromatic carbocycles. The van der Waals surface area contributed by atoms with Gasteiger partial charge in [-0.15, -0.1) is 0 Å². The van der Waals surface area contributed by atoms with E-state index in [9.17, 15) is 0 Å². The summed E-state index contributed by atoms with van der Waals surface area (Å²) in [6.07, 6.45) is 11.4. The van der Waals surface area contributed by atoms with Gasteiger partial charge in [-0.3, -0.25) is 0 Å². The zero-order chi connectivity index (χ0) is 15.2. The molecule has 22 heavy (non-hydrogen) atoms. The second kappa shape index (κ2) is 5.21. The summed E-state index contributed by atoms with van der Waals surface area (Å²) in [6.45, 7) is 6.55. The average Bonchev–Trinajstić information content (AvgIpc) is 3.04. The number of hydrogen-bond acceptors (Lipinski definition) is 4. The van der Waals surface area contributed by atoms with Crippen LogP contribution in [0.5, 0.6) is 0 Å². The monoisotopic (exact) mass is 299 g/mol. The standard InChI is InChI=1S/C17H25N5/c1-13-14(2)20-16-18-12-19-22(16)15(13)21-10-9-17(11-21)7-5-3-4-6-8-17/h12H,3-11H2,1-2H3. The SMILES string of the molecule is Cc1nc2ncnn2c(N2CCC3(CCCCCC3)C2)c1C. The molecule has 1 spiro atoms. The summed E-state index contributed by atoms with van der Waals surface area (Å²) in [6, 6.07) is 0. The zero-order valence-corrected chi connectivity index (χ0v) is 13.7. The Labute approximate surface area is 131 Å². The fraction of sp³-hybridized carbons (Fsp3) is 0.706. The van der Waals surface area contributed by atoms with Crippen LogP contribution in [-0.2, 0) is 0 Å². The molecule has 0 unspecified atom stereocenters. The van der Waals surface area contributed by atoms with E-state index in [4.69, 9.17) is 0 Å². The number of aryl methyl sites for hydroxylation is 1. The Morgan fingerprint density at radius 1 is 1.05 bits per heavy atom. The van der Waals surface area contributed by atoms with E-state index < -0.39 is 0 Å². The van der Waals surface area contributed by atoms with Crippen LogP contribution >= 0.6 is 0 Å². The molecule has 0 amide bonds. The molecule has 2 aromatic heterocycles. The van der Waals surface area contributed by atoms with Crippen molar-refractivity contribution in [3.05, 3.63) is 17.6 Å². The van der Waals surface area contributed by atoms with Crippen molar-refractivity contribution in [2.75, 3.05) is 18.0 Å². The van der Waals surface area contributed by atoms with Crippen molar-refractivity contribution in [1.29, 1.82) is 0 Å². The van der Waals surface area contributed by atoms with Crippen LogP contribution < -0.4 is 4.90 Å². The van der Waals surface area contributed by atoms with Gasteiger partial charge in [0.2, 0.25) is 0 Å². The highest BCUT2D eigenvalue weighted by Crippen LogP contribution is 2.44. The minimum atomic E-state index is 0.535. The van der Waals surface area contributed by atoms with E-state index >= 15 is 0 Å². The van der Waals surface area contributed by atoms with Gasteiger partial charge >= 0.3 is 0 Å². The predicted octanol–water partition coefficient (Wildman–Crippen LogP) is 3.29. The topological polar surface area (TPSA) is 46.3 Å². The molecule has 0 atom stereocenters. The summed E-state index contributed by atoms with van der Waals surface area (Å²) in [5, 5.41) is 4.42. The highest BCUT2D eigenvalue weighted by Gasteiger charge is 2.39. The molecule has 1 saturated heterocycles. The van der Waals surface area contributed by atoms with Crippen molar-refractivity contribution in [2.45, 2.75) is 58.8 Å². The summed E-state index contributed by atoms with van der Waals surface area (Å²) in [7, 11) is 0. The summed E-state index contributed by atoms with van der Waals surface area (Å²) >= 11 is 0. The third-order valence-corrected chi connectivity index (χ3v) is 5.78. The van der Waals surface area contributed by atoms with Crippen LogP contribution in [0.15, 0.2) is 6.33 Å². The van der Waals surface area contributed by atoms with Crippen LogP contribution in [0, 0.1) is 19.3 Å². The summed E-state index contributed by atoms with van der Waals surface area (Å²) in [5.41, 5.74) is 2.84. The van der Waals surface area contributed by atoms with Gasteiger partial charge in [-0.05, 0) is 38.5 Å². The molecule has 2 fully saturated rings. The first kappa shape index (κ1) is 14.0. The molecule has 1 aliphatic heterocycles. The number of anilines is 1. The van der Waals surface area contributed by atoms with Crippen LogP contribution in [0.3, 0.4) is 0 Å². The Bertz CT molecular complexity index is 682. The highest BCUT2D eigenvalue weighted by molar-refractivity contribution is 5.54. The summed E-state index contributed by atoms with van der Waals surface area (Å²) in [4.78, 5) is 11.4. The number of fused-ring (bicyclic) bond motifs is 1. The fourth-order valence-electron chi connectivity index (χ4n) is 4.39. The highest BCUT2D eigenvalue weighted by atomic mass is 15.4. The van der Waals surface area contributed by atoms with E-state index in [0.717, 1.165) is 18.0 Å². The van der Waals surface area contributed by atoms with Gasteiger partial charge < -0.3 is 4.90 Å². The molecule has 1 aliphatic carbocycles. The average molecular weight is 299 g/mol. The molecule has 0 N–H and O–H groups in total. The summed E-state index contributed by atoms with van der Waals surface area (Å²) < 4.78 is 1.93. The maximum absolute atomic E-state index is 4.55. The third-order valence-electron chi connectivity index (χ3n) is 5.78. The normalized spacial score (nSPS) is 21.6. The molecule has 5 heteroatoms. The van der Waals surface area contributed by atoms with Crippen molar-refractivity contribution in [2.24, 2.45) is 5.41 Å². The first-order chi connectivity index (χ1) is 10.7.